The lowest BCUT2D eigenvalue weighted by molar-refractivity contribution is 0.614. The van der Waals surface area contributed by atoms with E-state index >= 15 is 0 Å². The Kier molecular flexibility index (Phi) is 2.60. The second-order valence-electron chi connectivity index (χ2n) is 3.09. The van der Waals surface area contributed by atoms with Crippen LogP contribution in [0.15, 0.2) is 24.7 Å². The van der Waals surface area contributed by atoms with Crippen molar-refractivity contribution in [3.8, 4) is 0 Å². The number of aromatic amines is 1. The summed E-state index contributed by atoms with van der Waals surface area (Å²) in [4.78, 5) is 7.15. The summed E-state index contributed by atoms with van der Waals surface area (Å²) < 4.78 is 1.86. The van der Waals surface area contributed by atoms with Crippen molar-refractivity contribution in [2.24, 2.45) is 7.05 Å². The fourth-order valence-corrected chi connectivity index (χ4v) is 1.28. The molecule has 2 aromatic rings. The molecule has 5 heteroatoms. The summed E-state index contributed by atoms with van der Waals surface area (Å²) in [5.74, 6) is 0.951. The number of aryl methyl sites for hydroxylation is 1. The van der Waals surface area contributed by atoms with Crippen LogP contribution in [-0.2, 0) is 20.1 Å². The number of nitrogens with one attached hydrogen (secondary N) is 2. The molecule has 0 aromatic carbocycles. The summed E-state index contributed by atoms with van der Waals surface area (Å²) in [7, 11) is 1.93. The second-order valence-corrected chi connectivity index (χ2v) is 3.09. The maximum atomic E-state index is 4.12. The zero-order valence-electron chi connectivity index (χ0n) is 8.07. The van der Waals surface area contributed by atoms with Gasteiger partial charge in [0, 0.05) is 32.2 Å². The first-order valence-corrected chi connectivity index (χ1v) is 4.52. The van der Waals surface area contributed by atoms with Crippen molar-refractivity contribution in [2.45, 2.75) is 13.1 Å². The average molecular weight is 191 g/mol. The summed E-state index contributed by atoms with van der Waals surface area (Å²) in [5, 5.41) is 7.36. The Bertz CT molecular complexity index is 376. The molecule has 0 bridgehead atoms. The van der Waals surface area contributed by atoms with E-state index < -0.39 is 0 Å². The van der Waals surface area contributed by atoms with Gasteiger partial charge < -0.3 is 10.3 Å². The minimum Gasteiger partial charge on any atom is -0.348 e. The van der Waals surface area contributed by atoms with Crippen LogP contribution in [-0.4, -0.2) is 19.7 Å². The van der Waals surface area contributed by atoms with Gasteiger partial charge in [0.25, 0.3) is 0 Å². The molecule has 0 unspecified atom stereocenters. The lowest BCUT2D eigenvalue weighted by Gasteiger charge is -2.02. The Morgan fingerprint density at radius 3 is 3.00 bits per heavy atom. The van der Waals surface area contributed by atoms with Gasteiger partial charge in [0.05, 0.1) is 12.2 Å². The number of hydrogen-bond acceptors (Lipinski definition) is 3. The quantitative estimate of drug-likeness (QED) is 0.737. The Balaban J connectivity index is 1.81. The van der Waals surface area contributed by atoms with Crippen molar-refractivity contribution in [2.75, 3.05) is 0 Å². The van der Waals surface area contributed by atoms with Crippen LogP contribution in [0.4, 0.5) is 0 Å². The third-order valence-corrected chi connectivity index (χ3v) is 2.08. The van der Waals surface area contributed by atoms with Crippen LogP contribution in [0.1, 0.15) is 11.5 Å². The third kappa shape index (κ3) is 2.00. The van der Waals surface area contributed by atoms with Crippen LogP contribution in [0.5, 0.6) is 0 Å². The van der Waals surface area contributed by atoms with E-state index in [1.54, 1.807) is 12.4 Å². The maximum absolute atomic E-state index is 4.12. The van der Waals surface area contributed by atoms with Gasteiger partial charge in [-0.1, -0.05) is 0 Å². The fraction of sp³-hybridized carbons (Fsp3) is 0.333. The van der Waals surface area contributed by atoms with E-state index in [2.05, 4.69) is 20.4 Å². The molecule has 0 saturated carbocycles. The fourth-order valence-electron chi connectivity index (χ4n) is 1.28. The largest absolute Gasteiger partial charge is 0.348 e. The molecule has 0 aliphatic heterocycles. The smallest absolute Gasteiger partial charge is 0.120 e. The molecule has 2 heterocycles. The first-order chi connectivity index (χ1) is 6.86. The zero-order chi connectivity index (χ0) is 9.80. The van der Waals surface area contributed by atoms with Crippen molar-refractivity contribution in [3.63, 3.8) is 0 Å². The van der Waals surface area contributed by atoms with E-state index in [0.29, 0.717) is 0 Å². The van der Waals surface area contributed by atoms with Crippen molar-refractivity contribution in [3.05, 3.63) is 36.2 Å². The van der Waals surface area contributed by atoms with Crippen LogP contribution in [0.25, 0.3) is 0 Å². The van der Waals surface area contributed by atoms with Gasteiger partial charge in [0.15, 0.2) is 0 Å². The molecule has 2 aromatic heterocycles. The number of rotatable bonds is 4. The van der Waals surface area contributed by atoms with Gasteiger partial charge in [-0.2, -0.15) is 5.10 Å². The Morgan fingerprint density at radius 1 is 1.43 bits per heavy atom. The molecule has 0 atom stereocenters. The minimum atomic E-state index is 0.748. The highest BCUT2D eigenvalue weighted by Gasteiger charge is 1.98. The van der Waals surface area contributed by atoms with Crippen molar-refractivity contribution in [1.82, 2.24) is 25.1 Å². The molecule has 2 rings (SSSR count). The lowest BCUT2D eigenvalue weighted by Crippen LogP contribution is -2.15. The molecule has 0 radical (unpaired) electrons. The first kappa shape index (κ1) is 8.96. The number of hydrogen-bond donors (Lipinski definition) is 2. The number of nitrogens with zero attached hydrogens (tertiary/aromatic N) is 3. The van der Waals surface area contributed by atoms with Crippen LogP contribution in [0.3, 0.4) is 0 Å². The monoisotopic (exact) mass is 191 g/mol. The highest BCUT2D eigenvalue weighted by Crippen LogP contribution is 1.95. The lowest BCUT2D eigenvalue weighted by atomic mass is 10.4. The van der Waals surface area contributed by atoms with Crippen LogP contribution in [0.2, 0.25) is 0 Å². The topological polar surface area (TPSA) is 58.5 Å². The molecule has 0 fully saturated rings. The minimum absolute atomic E-state index is 0.748. The molecule has 14 heavy (non-hydrogen) atoms. The van der Waals surface area contributed by atoms with Gasteiger partial charge in [0.2, 0.25) is 0 Å². The predicted molar refractivity (Wildman–Crippen MR) is 52.3 cm³/mol. The molecular formula is C9H13N5. The van der Waals surface area contributed by atoms with E-state index in [1.807, 2.05) is 24.0 Å². The molecule has 2 N–H and O–H groups in total. The summed E-state index contributed by atoms with van der Waals surface area (Å²) in [6.45, 7) is 1.55. The normalized spacial score (nSPS) is 10.6. The molecule has 5 nitrogen and oxygen atoms in total. The standard InChI is InChI=1S/C9H13N5/c1-14-8(2-3-13-14)6-10-7-9-11-4-5-12-9/h2-5,10H,6-7H2,1H3,(H,11,12). The number of aromatic nitrogens is 4. The van der Waals surface area contributed by atoms with Gasteiger partial charge in [-0.05, 0) is 6.07 Å². The maximum Gasteiger partial charge on any atom is 0.120 e. The third-order valence-electron chi connectivity index (χ3n) is 2.08. The van der Waals surface area contributed by atoms with Gasteiger partial charge >= 0.3 is 0 Å². The number of imidazole rings is 1. The van der Waals surface area contributed by atoms with E-state index in [0.717, 1.165) is 24.6 Å². The van der Waals surface area contributed by atoms with E-state index in [4.69, 9.17) is 0 Å². The Hall–Kier alpha value is -1.62. The molecule has 0 aliphatic rings. The second kappa shape index (κ2) is 4.06. The summed E-state index contributed by atoms with van der Waals surface area (Å²) in [5.41, 5.74) is 1.16. The highest BCUT2D eigenvalue weighted by molar-refractivity contribution is 4.99. The Labute approximate surface area is 82.2 Å². The summed E-state index contributed by atoms with van der Waals surface area (Å²) >= 11 is 0. The van der Waals surface area contributed by atoms with Crippen molar-refractivity contribution < 1.29 is 0 Å². The average Bonchev–Trinajstić information content (AvgIpc) is 2.78. The van der Waals surface area contributed by atoms with Crippen molar-refractivity contribution >= 4 is 0 Å². The molecular weight excluding hydrogens is 178 g/mol. The highest BCUT2D eigenvalue weighted by atomic mass is 15.3. The molecule has 0 saturated heterocycles. The molecule has 74 valence electrons. The van der Waals surface area contributed by atoms with Gasteiger partial charge in [-0.3, -0.25) is 4.68 Å². The van der Waals surface area contributed by atoms with Gasteiger partial charge in [-0.15, -0.1) is 0 Å². The van der Waals surface area contributed by atoms with Gasteiger partial charge in [-0.25, -0.2) is 4.98 Å². The van der Waals surface area contributed by atoms with Crippen LogP contribution < -0.4 is 5.32 Å². The molecule has 0 spiro atoms. The molecule has 0 amide bonds. The Morgan fingerprint density at radius 2 is 2.36 bits per heavy atom. The van der Waals surface area contributed by atoms with E-state index in [-0.39, 0.29) is 0 Å². The zero-order valence-corrected chi connectivity index (χ0v) is 8.07. The van der Waals surface area contributed by atoms with Crippen LogP contribution in [0, 0.1) is 0 Å². The molecule has 0 aliphatic carbocycles. The van der Waals surface area contributed by atoms with Crippen molar-refractivity contribution in [1.29, 1.82) is 0 Å². The van der Waals surface area contributed by atoms with Crippen LogP contribution >= 0.6 is 0 Å². The van der Waals surface area contributed by atoms with Gasteiger partial charge in [0.1, 0.15) is 5.82 Å². The summed E-state index contributed by atoms with van der Waals surface area (Å²) in [6.07, 6.45) is 5.37. The predicted octanol–water partition coefficient (Wildman–Crippen LogP) is 0.433. The summed E-state index contributed by atoms with van der Waals surface area (Å²) in [6, 6.07) is 2.00. The van der Waals surface area contributed by atoms with E-state index in [9.17, 15) is 0 Å². The SMILES string of the molecule is Cn1nccc1CNCc1ncc[nH]1. The number of H-pyrrole nitrogens is 1. The first-order valence-electron chi connectivity index (χ1n) is 4.52. The van der Waals surface area contributed by atoms with E-state index in [1.165, 1.54) is 0 Å².